The van der Waals surface area contributed by atoms with E-state index in [1.165, 1.54) is 6.42 Å². The third kappa shape index (κ3) is 1.90. The molecule has 0 aliphatic heterocycles. The predicted octanol–water partition coefficient (Wildman–Crippen LogP) is 3.86. The molecule has 18 heavy (non-hydrogen) atoms. The summed E-state index contributed by atoms with van der Waals surface area (Å²) >= 11 is 0. The first-order valence-corrected chi connectivity index (χ1v) is 6.20. The lowest BCUT2D eigenvalue weighted by Gasteiger charge is -2.00. The third-order valence-electron chi connectivity index (χ3n) is 3.72. The molecule has 1 atom stereocenters. The molecule has 1 unspecified atom stereocenters. The van der Waals surface area contributed by atoms with Crippen molar-refractivity contribution in [2.24, 2.45) is 5.41 Å². The Labute approximate surface area is 107 Å². The molecule has 1 aliphatic carbocycles. The van der Waals surface area contributed by atoms with Crippen molar-refractivity contribution >= 4 is 0 Å². The fourth-order valence-electron chi connectivity index (χ4n) is 2.27. The standard InChI is InChI=1S/C15H17NO2/c1-15(2)8-12(15)13-9-16-14(18-13)10-4-6-11(17-3)7-5-10/h4-7,9,12H,8H2,1-3H3. The van der Waals surface area contributed by atoms with Crippen LogP contribution in [0.25, 0.3) is 11.5 Å². The van der Waals surface area contributed by atoms with Crippen LogP contribution in [0, 0.1) is 5.41 Å². The van der Waals surface area contributed by atoms with E-state index < -0.39 is 0 Å². The van der Waals surface area contributed by atoms with Gasteiger partial charge in [0, 0.05) is 11.5 Å². The number of oxazole rings is 1. The van der Waals surface area contributed by atoms with Crippen molar-refractivity contribution in [3.05, 3.63) is 36.2 Å². The maximum absolute atomic E-state index is 5.85. The first kappa shape index (κ1) is 11.3. The molecule has 3 heteroatoms. The van der Waals surface area contributed by atoms with Crippen LogP contribution >= 0.6 is 0 Å². The van der Waals surface area contributed by atoms with Gasteiger partial charge in [-0.2, -0.15) is 0 Å². The van der Waals surface area contributed by atoms with Gasteiger partial charge in [0.05, 0.1) is 13.3 Å². The molecule has 1 aromatic carbocycles. The van der Waals surface area contributed by atoms with Crippen LogP contribution in [0.5, 0.6) is 5.75 Å². The van der Waals surface area contributed by atoms with Gasteiger partial charge in [-0.15, -0.1) is 0 Å². The Morgan fingerprint density at radius 3 is 2.50 bits per heavy atom. The van der Waals surface area contributed by atoms with Crippen molar-refractivity contribution in [3.8, 4) is 17.2 Å². The molecule has 1 aliphatic rings. The summed E-state index contributed by atoms with van der Waals surface area (Å²) in [7, 11) is 1.66. The van der Waals surface area contributed by atoms with Crippen molar-refractivity contribution < 1.29 is 9.15 Å². The SMILES string of the molecule is COc1ccc(-c2ncc(C3CC3(C)C)o2)cc1. The Morgan fingerprint density at radius 2 is 1.94 bits per heavy atom. The van der Waals surface area contributed by atoms with Crippen molar-refractivity contribution in [2.45, 2.75) is 26.2 Å². The zero-order chi connectivity index (χ0) is 12.8. The number of rotatable bonds is 3. The average Bonchev–Trinajstić information content (AvgIpc) is 2.80. The van der Waals surface area contributed by atoms with Crippen molar-refractivity contribution in [1.82, 2.24) is 4.98 Å². The molecule has 0 amide bonds. The largest absolute Gasteiger partial charge is 0.497 e. The number of hydrogen-bond acceptors (Lipinski definition) is 3. The maximum atomic E-state index is 5.85. The molecule has 1 aromatic heterocycles. The van der Waals surface area contributed by atoms with E-state index >= 15 is 0 Å². The van der Waals surface area contributed by atoms with E-state index in [9.17, 15) is 0 Å². The highest BCUT2D eigenvalue weighted by atomic mass is 16.5. The fraction of sp³-hybridized carbons (Fsp3) is 0.400. The van der Waals surface area contributed by atoms with Crippen LogP contribution in [0.4, 0.5) is 0 Å². The average molecular weight is 243 g/mol. The van der Waals surface area contributed by atoms with Crippen molar-refractivity contribution in [2.75, 3.05) is 7.11 Å². The smallest absolute Gasteiger partial charge is 0.226 e. The number of methoxy groups -OCH3 is 1. The first-order chi connectivity index (χ1) is 8.60. The van der Waals surface area contributed by atoms with Crippen molar-refractivity contribution in [1.29, 1.82) is 0 Å². The van der Waals surface area contributed by atoms with Gasteiger partial charge in [0.15, 0.2) is 0 Å². The van der Waals surface area contributed by atoms with Crippen LogP contribution in [0.2, 0.25) is 0 Å². The topological polar surface area (TPSA) is 35.3 Å². The summed E-state index contributed by atoms with van der Waals surface area (Å²) in [6.07, 6.45) is 3.04. The van der Waals surface area contributed by atoms with E-state index in [-0.39, 0.29) is 0 Å². The Morgan fingerprint density at radius 1 is 1.28 bits per heavy atom. The van der Waals surface area contributed by atoms with E-state index in [1.54, 1.807) is 7.11 Å². The third-order valence-corrected chi connectivity index (χ3v) is 3.72. The molecule has 0 radical (unpaired) electrons. The van der Waals surface area contributed by atoms with Gasteiger partial charge in [-0.3, -0.25) is 0 Å². The highest BCUT2D eigenvalue weighted by Crippen LogP contribution is 2.58. The fourth-order valence-corrected chi connectivity index (χ4v) is 2.27. The molecule has 2 aromatic rings. The molecule has 1 saturated carbocycles. The molecule has 0 N–H and O–H groups in total. The van der Waals surface area contributed by atoms with E-state index in [0.717, 1.165) is 17.1 Å². The molecule has 3 nitrogen and oxygen atoms in total. The summed E-state index contributed by atoms with van der Waals surface area (Å²) < 4.78 is 11.0. The lowest BCUT2D eigenvalue weighted by atomic mass is 10.1. The quantitative estimate of drug-likeness (QED) is 0.821. The molecule has 1 heterocycles. The summed E-state index contributed by atoms with van der Waals surface area (Å²) in [6.45, 7) is 4.51. The van der Waals surface area contributed by atoms with Gasteiger partial charge in [-0.05, 0) is 36.1 Å². The van der Waals surface area contributed by atoms with E-state index in [4.69, 9.17) is 9.15 Å². The van der Waals surface area contributed by atoms with Crippen LogP contribution in [0.3, 0.4) is 0 Å². The zero-order valence-corrected chi connectivity index (χ0v) is 10.9. The number of aromatic nitrogens is 1. The first-order valence-electron chi connectivity index (χ1n) is 6.20. The Balaban J connectivity index is 1.84. The molecule has 0 bridgehead atoms. The minimum Gasteiger partial charge on any atom is -0.497 e. The summed E-state index contributed by atoms with van der Waals surface area (Å²) in [6, 6.07) is 7.76. The molecule has 0 spiro atoms. The van der Waals surface area contributed by atoms with Crippen LogP contribution in [-0.4, -0.2) is 12.1 Å². The molecule has 0 saturated heterocycles. The second kappa shape index (κ2) is 3.87. The Hall–Kier alpha value is -1.77. The van der Waals surface area contributed by atoms with Crippen LogP contribution in [0.15, 0.2) is 34.9 Å². The molecule has 1 fully saturated rings. The van der Waals surface area contributed by atoms with Gasteiger partial charge in [-0.25, -0.2) is 4.98 Å². The van der Waals surface area contributed by atoms with Gasteiger partial charge >= 0.3 is 0 Å². The molecule has 3 rings (SSSR count). The highest BCUT2D eigenvalue weighted by Gasteiger charge is 2.48. The van der Waals surface area contributed by atoms with E-state index in [2.05, 4.69) is 18.8 Å². The second-order valence-corrected chi connectivity index (χ2v) is 5.54. The van der Waals surface area contributed by atoms with E-state index in [1.807, 2.05) is 30.5 Å². The lowest BCUT2D eigenvalue weighted by molar-refractivity contribution is 0.415. The maximum Gasteiger partial charge on any atom is 0.226 e. The van der Waals surface area contributed by atoms with Gasteiger partial charge in [0.1, 0.15) is 11.5 Å². The van der Waals surface area contributed by atoms with Crippen LogP contribution in [0.1, 0.15) is 31.9 Å². The minimum atomic E-state index is 0.372. The van der Waals surface area contributed by atoms with E-state index in [0.29, 0.717) is 17.2 Å². The highest BCUT2D eigenvalue weighted by molar-refractivity contribution is 5.54. The Kier molecular flexibility index (Phi) is 2.44. The summed E-state index contributed by atoms with van der Waals surface area (Å²) in [5.74, 6) is 3.06. The van der Waals surface area contributed by atoms with Crippen molar-refractivity contribution in [3.63, 3.8) is 0 Å². The molecular weight excluding hydrogens is 226 g/mol. The van der Waals surface area contributed by atoms with Crippen LogP contribution in [-0.2, 0) is 0 Å². The summed E-state index contributed by atoms with van der Waals surface area (Å²) in [5.41, 5.74) is 1.36. The number of hydrogen-bond donors (Lipinski definition) is 0. The Bertz CT molecular complexity index is 554. The predicted molar refractivity (Wildman–Crippen MR) is 69.6 cm³/mol. The summed E-state index contributed by atoms with van der Waals surface area (Å²) in [5, 5.41) is 0. The van der Waals surface area contributed by atoms with Gasteiger partial charge in [-0.1, -0.05) is 13.8 Å². The number of nitrogens with zero attached hydrogens (tertiary/aromatic N) is 1. The number of ether oxygens (including phenoxy) is 1. The monoisotopic (exact) mass is 243 g/mol. The minimum absolute atomic E-state index is 0.372. The number of benzene rings is 1. The molecular formula is C15H17NO2. The van der Waals surface area contributed by atoms with Crippen LogP contribution < -0.4 is 4.74 Å². The van der Waals surface area contributed by atoms with Gasteiger partial charge in [0.2, 0.25) is 5.89 Å². The normalized spacial score (nSPS) is 20.7. The zero-order valence-electron chi connectivity index (χ0n) is 10.9. The van der Waals surface area contributed by atoms with Gasteiger partial charge < -0.3 is 9.15 Å². The summed E-state index contributed by atoms with van der Waals surface area (Å²) in [4.78, 5) is 4.36. The lowest BCUT2D eigenvalue weighted by Crippen LogP contribution is -1.87. The van der Waals surface area contributed by atoms with Gasteiger partial charge in [0.25, 0.3) is 0 Å². The molecule has 94 valence electrons. The second-order valence-electron chi connectivity index (χ2n) is 5.54.